The van der Waals surface area contributed by atoms with E-state index >= 15 is 0 Å². The number of rotatable bonds is 6. The normalized spacial score (nSPS) is 22.2. The zero-order valence-electron chi connectivity index (χ0n) is 9.44. The average molecular weight is 367 g/mol. The van der Waals surface area contributed by atoms with Crippen LogP contribution in [0.4, 0.5) is 4.79 Å². The highest BCUT2D eigenvalue weighted by molar-refractivity contribution is 8.21. The van der Waals surface area contributed by atoms with Gasteiger partial charge in [-0.3, -0.25) is 4.79 Å². The smallest absolute Gasteiger partial charge is 0.434 e. The lowest BCUT2D eigenvalue weighted by Gasteiger charge is -2.34. The van der Waals surface area contributed by atoms with Crippen LogP contribution in [-0.4, -0.2) is 39.1 Å². The number of hydrogen-bond acceptors (Lipinski definition) is 6. The number of carbonyl (C=O) groups excluding carboxylic acids is 2. The highest BCUT2D eigenvalue weighted by Gasteiger charge is 2.38. The first kappa shape index (κ1) is 17.1. The van der Waals surface area contributed by atoms with Crippen LogP contribution < -0.4 is 5.32 Å². The van der Waals surface area contributed by atoms with Gasteiger partial charge in [0.05, 0.1) is 17.9 Å². The van der Waals surface area contributed by atoms with E-state index in [1.54, 1.807) is 0 Å². The second-order valence-corrected chi connectivity index (χ2v) is 7.62. The SMILES string of the molecule is O=C(OCC[C@@H]1C(=O)N[C@@H]1SC=S)OCC(Cl)(Cl)Cl. The fourth-order valence-corrected chi connectivity index (χ4v) is 2.59. The van der Waals surface area contributed by atoms with E-state index < -0.39 is 16.6 Å². The van der Waals surface area contributed by atoms with Crippen LogP contribution >= 0.6 is 58.8 Å². The van der Waals surface area contributed by atoms with Crippen LogP contribution in [0.1, 0.15) is 6.42 Å². The Hall–Kier alpha value is 0.0500. The summed E-state index contributed by atoms with van der Waals surface area (Å²) in [6, 6.07) is 0. The van der Waals surface area contributed by atoms with Crippen molar-refractivity contribution in [1.82, 2.24) is 5.32 Å². The van der Waals surface area contributed by atoms with Gasteiger partial charge in [0.25, 0.3) is 0 Å². The van der Waals surface area contributed by atoms with Gasteiger partial charge in [-0.15, -0.1) is 0 Å². The van der Waals surface area contributed by atoms with Crippen molar-refractivity contribution in [2.24, 2.45) is 5.92 Å². The van der Waals surface area contributed by atoms with Crippen LogP contribution in [0.3, 0.4) is 0 Å². The predicted molar refractivity (Wildman–Crippen MR) is 78.9 cm³/mol. The summed E-state index contributed by atoms with van der Waals surface area (Å²) in [6.07, 6.45) is -0.555. The van der Waals surface area contributed by atoms with Crippen LogP contribution in [0.5, 0.6) is 0 Å². The van der Waals surface area contributed by atoms with Crippen molar-refractivity contribution in [1.29, 1.82) is 0 Å². The third-order valence-corrected chi connectivity index (χ3v) is 3.70. The lowest BCUT2D eigenvalue weighted by atomic mass is 9.98. The second-order valence-electron chi connectivity index (χ2n) is 3.56. The Morgan fingerprint density at radius 2 is 2.16 bits per heavy atom. The first-order valence-corrected chi connectivity index (χ1v) is 7.64. The molecule has 1 heterocycles. The molecule has 1 rings (SSSR count). The van der Waals surface area contributed by atoms with Gasteiger partial charge in [0.15, 0.2) is 0 Å². The lowest BCUT2D eigenvalue weighted by Crippen LogP contribution is -2.56. The number of β-lactam (4-membered cyclic amide) rings is 1. The molecule has 108 valence electrons. The summed E-state index contributed by atoms with van der Waals surface area (Å²) in [5, 5.41) is 2.61. The maximum Gasteiger partial charge on any atom is 0.508 e. The van der Waals surface area contributed by atoms with Crippen molar-refractivity contribution in [2.45, 2.75) is 15.6 Å². The van der Waals surface area contributed by atoms with Crippen molar-refractivity contribution < 1.29 is 19.1 Å². The number of ether oxygens (including phenoxy) is 2. The molecule has 1 fully saturated rings. The number of halogens is 3. The molecule has 19 heavy (non-hydrogen) atoms. The average Bonchev–Trinajstić information content (AvgIpc) is 2.31. The molecule has 0 bridgehead atoms. The Morgan fingerprint density at radius 1 is 1.47 bits per heavy atom. The van der Waals surface area contributed by atoms with Crippen molar-refractivity contribution in [3.05, 3.63) is 0 Å². The van der Waals surface area contributed by atoms with E-state index in [2.05, 4.69) is 22.3 Å². The van der Waals surface area contributed by atoms with E-state index in [0.717, 1.165) is 0 Å². The summed E-state index contributed by atoms with van der Waals surface area (Å²) in [6.45, 7) is -0.352. The third-order valence-electron chi connectivity index (χ3n) is 2.19. The molecule has 0 aromatic rings. The molecule has 2 atom stereocenters. The quantitative estimate of drug-likeness (QED) is 0.337. The second kappa shape index (κ2) is 7.73. The molecule has 5 nitrogen and oxygen atoms in total. The highest BCUT2D eigenvalue weighted by Crippen LogP contribution is 2.28. The highest BCUT2D eigenvalue weighted by atomic mass is 35.6. The molecule has 1 amide bonds. The number of amides is 1. The summed E-state index contributed by atoms with van der Waals surface area (Å²) in [5.74, 6) is -0.321. The lowest BCUT2D eigenvalue weighted by molar-refractivity contribution is -0.133. The minimum Gasteiger partial charge on any atom is -0.434 e. The Balaban J connectivity index is 2.17. The maximum absolute atomic E-state index is 11.3. The van der Waals surface area contributed by atoms with Gasteiger partial charge in [0.1, 0.15) is 6.61 Å². The summed E-state index contributed by atoms with van der Waals surface area (Å²) >= 11 is 22.2. The van der Waals surface area contributed by atoms with Gasteiger partial charge < -0.3 is 14.8 Å². The maximum atomic E-state index is 11.3. The van der Waals surface area contributed by atoms with Crippen LogP contribution in [0.2, 0.25) is 0 Å². The van der Waals surface area contributed by atoms with Gasteiger partial charge in [0, 0.05) is 4.70 Å². The van der Waals surface area contributed by atoms with E-state index in [1.807, 2.05) is 0 Å². The number of hydrogen-bond donors (Lipinski definition) is 1. The first-order valence-electron chi connectivity index (χ1n) is 5.09. The van der Waals surface area contributed by atoms with Crippen LogP contribution in [0.25, 0.3) is 0 Å². The van der Waals surface area contributed by atoms with E-state index in [4.69, 9.17) is 39.5 Å². The molecule has 1 saturated heterocycles. The number of thiocarbonyl (C=S) groups is 1. The Morgan fingerprint density at radius 3 is 2.68 bits per heavy atom. The van der Waals surface area contributed by atoms with E-state index in [9.17, 15) is 9.59 Å². The number of carbonyl (C=O) groups is 2. The number of nitrogens with one attached hydrogen (secondary N) is 1. The number of alkyl halides is 3. The molecule has 0 aliphatic carbocycles. The van der Waals surface area contributed by atoms with Crippen LogP contribution in [-0.2, 0) is 14.3 Å². The van der Waals surface area contributed by atoms with Crippen molar-refractivity contribution in [3.63, 3.8) is 0 Å². The molecule has 1 N–H and O–H groups in total. The minimum absolute atomic E-state index is 0.0469. The molecule has 0 aromatic carbocycles. The summed E-state index contributed by atoms with van der Waals surface area (Å²) in [7, 11) is 0. The predicted octanol–water partition coefficient (Wildman–Crippen LogP) is 2.66. The first-order chi connectivity index (χ1) is 8.83. The van der Waals surface area contributed by atoms with Gasteiger partial charge >= 0.3 is 6.16 Å². The fourth-order valence-electron chi connectivity index (χ4n) is 1.31. The fraction of sp³-hybridized carbons (Fsp3) is 0.667. The summed E-state index contributed by atoms with van der Waals surface area (Å²) < 4.78 is 9.12. The molecule has 1 aliphatic rings. The molecular formula is C9H10Cl3NO4S2. The van der Waals surface area contributed by atoms with Gasteiger partial charge in [0.2, 0.25) is 9.70 Å². The van der Waals surface area contributed by atoms with Gasteiger partial charge in [-0.2, -0.15) is 0 Å². The van der Waals surface area contributed by atoms with Gasteiger partial charge in [-0.1, -0.05) is 58.8 Å². The molecule has 0 spiro atoms. The van der Waals surface area contributed by atoms with Crippen molar-refractivity contribution >= 4 is 75.5 Å². The van der Waals surface area contributed by atoms with Crippen molar-refractivity contribution in [3.8, 4) is 0 Å². The van der Waals surface area contributed by atoms with E-state index in [-0.39, 0.29) is 23.8 Å². The van der Waals surface area contributed by atoms with E-state index in [0.29, 0.717) is 6.42 Å². The summed E-state index contributed by atoms with van der Waals surface area (Å²) in [5.41, 5.74) is 0. The molecule has 10 heteroatoms. The summed E-state index contributed by atoms with van der Waals surface area (Å²) in [4.78, 5) is 22.4. The number of thioether (sulfide) groups is 1. The largest absolute Gasteiger partial charge is 0.508 e. The van der Waals surface area contributed by atoms with Gasteiger partial charge in [-0.25, -0.2) is 4.79 Å². The van der Waals surface area contributed by atoms with Crippen LogP contribution in [0.15, 0.2) is 0 Å². The standard InChI is InChI=1S/C9H10Cl3NO4S2/c10-9(11,12)3-17-8(15)16-2-1-5-6(14)13-7(5)19-4-18/h4-5,7H,1-3H2,(H,13,14)/t5-,7-/m1/s1. The third kappa shape index (κ3) is 6.35. The molecule has 0 unspecified atom stereocenters. The molecule has 0 radical (unpaired) electrons. The van der Waals surface area contributed by atoms with Gasteiger partial charge in [-0.05, 0) is 6.42 Å². The van der Waals surface area contributed by atoms with E-state index in [1.165, 1.54) is 16.5 Å². The monoisotopic (exact) mass is 365 g/mol. The Kier molecular flexibility index (Phi) is 6.96. The Bertz CT molecular complexity index is 362. The molecule has 0 saturated carbocycles. The topological polar surface area (TPSA) is 64.6 Å². The van der Waals surface area contributed by atoms with Crippen molar-refractivity contribution in [2.75, 3.05) is 13.2 Å². The molecule has 1 aliphatic heterocycles. The van der Waals surface area contributed by atoms with Crippen LogP contribution in [0, 0.1) is 5.92 Å². The molecule has 0 aromatic heterocycles. The zero-order valence-corrected chi connectivity index (χ0v) is 13.3. The zero-order chi connectivity index (χ0) is 14.5. The molecular weight excluding hydrogens is 357 g/mol. The Labute approximate surface area is 134 Å². The minimum atomic E-state index is -1.67.